The molecule has 2 aromatic rings. The molecule has 0 bridgehead atoms. The quantitative estimate of drug-likeness (QED) is 0.722. The third-order valence-electron chi connectivity index (χ3n) is 3.23. The number of benzene rings is 1. The van der Waals surface area contributed by atoms with E-state index in [9.17, 15) is 0 Å². The average Bonchev–Trinajstić information content (AvgIpc) is 3.28. The molecule has 1 heterocycles. The zero-order valence-corrected chi connectivity index (χ0v) is 14.8. The molecule has 0 atom stereocenters. The first-order valence-electron chi connectivity index (χ1n) is 7.00. The molecule has 0 unspecified atom stereocenters. The topological polar surface area (TPSA) is 49.8 Å². The van der Waals surface area contributed by atoms with Gasteiger partial charge in [-0.25, -0.2) is 9.97 Å². The monoisotopic (exact) mass is 410 g/mol. The molecule has 0 spiro atoms. The minimum Gasteiger partial charge on any atom is -0.370 e. The zero-order chi connectivity index (χ0) is 14.8. The van der Waals surface area contributed by atoms with Gasteiger partial charge in [0.1, 0.15) is 17.5 Å². The van der Waals surface area contributed by atoms with E-state index in [1.54, 1.807) is 0 Å². The van der Waals surface area contributed by atoms with Crippen molar-refractivity contribution < 1.29 is 0 Å². The van der Waals surface area contributed by atoms with Crippen molar-refractivity contribution in [2.75, 3.05) is 17.2 Å². The Balaban J connectivity index is 1.91. The van der Waals surface area contributed by atoms with Crippen LogP contribution in [0.3, 0.4) is 0 Å². The van der Waals surface area contributed by atoms with Crippen LogP contribution in [0.4, 0.5) is 17.3 Å². The number of halogens is 2. The molecule has 21 heavy (non-hydrogen) atoms. The van der Waals surface area contributed by atoms with Crippen LogP contribution in [0, 0.1) is 0 Å². The van der Waals surface area contributed by atoms with Crippen molar-refractivity contribution in [2.24, 2.45) is 0 Å². The number of nitrogens with zero attached hydrogens (tertiary/aromatic N) is 2. The summed E-state index contributed by atoms with van der Waals surface area (Å²) >= 11 is 7.05. The molecule has 2 N–H and O–H groups in total. The molecule has 0 saturated heterocycles. The van der Waals surface area contributed by atoms with Crippen molar-refractivity contribution in [3.63, 3.8) is 0 Å². The molecule has 1 aliphatic carbocycles. The molecule has 1 aromatic heterocycles. The highest BCUT2D eigenvalue weighted by Gasteiger charge is 2.27. The van der Waals surface area contributed by atoms with Gasteiger partial charge in [-0.15, -0.1) is 0 Å². The van der Waals surface area contributed by atoms with Gasteiger partial charge in [-0.1, -0.05) is 15.9 Å². The van der Waals surface area contributed by atoms with Crippen LogP contribution in [0.15, 0.2) is 33.2 Å². The minimum absolute atomic E-state index is 0.523. The van der Waals surface area contributed by atoms with Gasteiger partial charge >= 0.3 is 0 Å². The minimum atomic E-state index is 0.523. The maximum Gasteiger partial charge on any atom is 0.136 e. The van der Waals surface area contributed by atoms with Crippen molar-refractivity contribution in [1.29, 1.82) is 0 Å². The Morgan fingerprint density at radius 2 is 1.90 bits per heavy atom. The molecular formula is C15H16Br2N4. The van der Waals surface area contributed by atoms with E-state index in [0.717, 1.165) is 38.6 Å². The number of hydrogen-bond donors (Lipinski definition) is 2. The van der Waals surface area contributed by atoms with E-state index < -0.39 is 0 Å². The van der Waals surface area contributed by atoms with Crippen LogP contribution >= 0.6 is 31.9 Å². The number of aromatic nitrogens is 2. The lowest BCUT2D eigenvalue weighted by atomic mass is 10.3. The van der Waals surface area contributed by atoms with E-state index in [4.69, 9.17) is 0 Å². The van der Waals surface area contributed by atoms with Gasteiger partial charge in [-0.3, -0.25) is 0 Å². The van der Waals surface area contributed by atoms with Gasteiger partial charge < -0.3 is 10.6 Å². The maximum atomic E-state index is 4.65. The van der Waals surface area contributed by atoms with E-state index in [1.165, 1.54) is 12.8 Å². The summed E-state index contributed by atoms with van der Waals surface area (Å²) in [6, 6.07) is 7.97. The number of hydrogen-bond acceptors (Lipinski definition) is 4. The fourth-order valence-corrected chi connectivity index (χ4v) is 2.76. The van der Waals surface area contributed by atoms with Crippen LogP contribution in [0.5, 0.6) is 0 Å². The zero-order valence-electron chi connectivity index (χ0n) is 11.7. The van der Waals surface area contributed by atoms with E-state index in [1.807, 2.05) is 24.3 Å². The summed E-state index contributed by atoms with van der Waals surface area (Å²) in [6.07, 6.45) is 2.38. The molecule has 0 radical (unpaired) electrons. The van der Waals surface area contributed by atoms with Crippen LogP contribution < -0.4 is 10.6 Å². The normalized spacial score (nSPS) is 14.0. The largest absolute Gasteiger partial charge is 0.370 e. The molecule has 0 amide bonds. The molecule has 6 heteroatoms. The Labute approximate surface area is 141 Å². The molecule has 1 saturated carbocycles. The Hall–Kier alpha value is -1.14. The third-order valence-corrected chi connectivity index (χ3v) is 4.42. The molecular weight excluding hydrogens is 396 g/mol. The van der Waals surface area contributed by atoms with Gasteiger partial charge in [-0.05, 0) is 53.9 Å². The van der Waals surface area contributed by atoms with Crippen molar-refractivity contribution in [3.05, 3.63) is 39.0 Å². The van der Waals surface area contributed by atoms with Gasteiger partial charge in [0.2, 0.25) is 0 Å². The second-order valence-electron chi connectivity index (χ2n) is 5.05. The van der Waals surface area contributed by atoms with E-state index in [2.05, 4.69) is 59.4 Å². The van der Waals surface area contributed by atoms with Crippen molar-refractivity contribution in [3.8, 4) is 0 Å². The molecule has 110 valence electrons. The molecule has 1 aliphatic rings. The fourth-order valence-electron chi connectivity index (χ4n) is 2.06. The van der Waals surface area contributed by atoms with E-state index in [-0.39, 0.29) is 0 Å². The smallest absolute Gasteiger partial charge is 0.136 e. The van der Waals surface area contributed by atoms with Crippen LogP contribution in [0.25, 0.3) is 0 Å². The second-order valence-corrected chi connectivity index (χ2v) is 6.82. The number of rotatable bonds is 5. The van der Waals surface area contributed by atoms with E-state index >= 15 is 0 Å². The lowest BCUT2D eigenvalue weighted by Gasteiger charge is -2.12. The van der Waals surface area contributed by atoms with E-state index in [0.29, 0.717) is 5.92 Å². The maximum absolute atomic E-state index is 4.65. The summed E-state index contributed by atoms with van der Waals surface area (Å²) in [6.45, 7) is 2.91. The highest BCUT2D eigenvalue weighted by Crippen LogP contribution is 2.39. The van der Waals surface area contributed by atoms with Crippen molar-refractivity contribution in [2.45, 2.75) is 25.7 Å². The van der Waals surface area contributed by atoms with Gasteiger partial charge in [0, 0.05) is 27.5 Å². The highest BCUT2D eigenvalue weighted by molar-refractivity contribution is 9.11. The predicted molar refractivity (Wildman–Crippen MR) is 93.3 cm³/mol. The summed E-state index contributed by atoms with van der Waals surface area (Å²) in [5.41, 5.74) is 0.979. The first kappa shape index (κ1) is 14.8. The fraction of sp³-hybridized carbons (Fsp3) is 0.333. The van der Waals surface area contributed by atoms with Crippen LogP contribution in [-0.4, -0.2) is 16.5 Å². The predicted octanol–water partition coefficient (Wildman–Crippen LogP) is 5.05. The van der Waals surface area contributed by atoms with Gasteiger partial charge in [0.05, 0.1) is 5.69 Å². The Kier molecular flexibility index (Phi) is 4.45. The van der Waals surface area contributed by atoms with Gasteiger partial charge in [0.15, 0.2) is 0 Å². The SMILES string of the molecule is CCNc1cc(Nc2cc(Br)ccc2Br)nc(C2CC2)n1. The lowest BCUT2D eigenvalue weighted by Crippen LogP contribution is -2.05. The Morgan fingerprint density at radius 1 is 1.14 bits per heavy atom. The van der Waals surface area contributed by atoms with Crippen molar-refractivity contribution in [1.82, 2.24) is 9.97 Å². The lowest BCUT2D eigenvalue weighted by molar-refractivity contribution is 0.927. The average molecular weight is 412 g/mol. The third kappa shape index (κ3) is 3.74. The van der Waals surface area contributed by atoms with Crippen LogP contribution in [-0.2, 0) is 0 Å². The number of nitrogens with one attached hydrogen (secondary N) is 2. The summed E-state index contributed by atoms with van der Waals surface area (Å²) < 4.78 is 2.03. The van der Waals surface area contributed by atoms with Crippen molar-refractivity contribution >= 4 is 49.2 Å². The highest BCUT2D eigenvalue weighted by atomic mass is 79.9. The Bertz CT molecular complexity index is 656. The summed E-state index contributed by atoms with van der Waals surface area (Å²) in [5.74, 6) is 3.15. The second kappa shape index (κ2) is 6.32. The summed E-state index contributed by atoms with van der Waals surface area (Å²) in [5, 5.41) is 6.64. The number of anilines is 3. The van der Waals surface area contributed by atoms with Crippen LogP contribution in [0.1, 0.15) is 31.5 Å². The summed E-state index contributed by atoms with van der Waals surface area (Å²) in [7, 11) is 0. The summed E-state index contributed by atoms with van der Waals surface area (Å²) in [4.78, 5) is 9.23. The van der Waals surface area contributed by atoms with Crippen LogP contribution in [0.2, 0.25) is 0 Å². The van der Waals surface area contributed by atoms with Gasteiger partial charge in [-0.2, -0.15) is 0 Å². The standard InChI is InChI=1S/C15H16Br2N4/c1-2-18-13-8-14(21-15(20-13)9-3-4-9)19-12-7-10(16)5-6-11(12)17/h5-9H,2-4H2,1H3,(H2,18,19,20,21). The first-order valence-corrected chi connectivity index (χ1v) is 8.59. The molecule has 3 rings (SSSR count). The molecule has 1 aromatic carbocycles. The molecule has 1 fully saturated rings. The molecule has 0 aliphatic heterocycles. The van der Waals surface area contributed by atoms with Gasteiger partial charge in [0.25, 0.3) is 0 Å². The Morgan fingerprint density at radius 3 is 2.62 bits per heavy atom. The molecule has 4 nitrogen and oxygen atoms in total. The first-order chi connectivity index (χ1) is 10.2.